The predicted octanol–water partition coefficient (Wildman–Crippen LogP) is 3.91. The van der Waals surface area contributed by atoms with Gasteiger partial charge in [0.2, 0.25) is 0 Å². The summed E-state index contributed by atoms with van der Waals surface area (Å²) in [7, 11) is 0. The first kappa shape index (κ1) is 12.8. The van der Waals surface area contributed by atoms with E-state index in [1.807, 2.05) is 18.2 Å². The number of hydrogen-bond acceptors (Lipinski definition) is 1. The molecule has 0 saturated carbocycles. The number of halogens is 2. The highest BCUT2D eigenvalue weighted by molar-refractivity contribution is 6.33. The zero-order chi connectivity index (χ0) is 11.5. The molecule has 0 radical (unpaired) electrons. The van der Waals surface area contributed by atoms with Gasteiger partial charge in [-0.25, -0.2) is 0 Å². The smallest absolute Gasteiger partial charge is 0.0439 e. The van der Waals surface area contributed by atoms with Crippen molar-refractivity contribution >= 4 is 23.2 Å². The molecule has 1 aromatic carbocycles. The SMILES string of the molecule is CC(C)(CN)CCc1cc(Cl)ccc1Cl. The summed E-state index contributed by atoms with van der Waals surface area (Å²) in [5, 5.41) is 1.52. The van der Waals surface area contributed by atoms with Crippen molar-refractivity contribution in [2.75, 3.05) is 6.54 Å². The van der Waals surface area contributed by atoms with Gasteiger partial charge >= 0.3 is 0 Å². The minimum absolute atomic E-state index is 0.158. The fraction of sp³-hybridized carbons (Fsp3) is 0.500. The van der Waals surface area contributed by atoms with Crippen LogP contribution in [0.4, 0.5) is 0 Å². The summed E-state index contributed by atoms with van der Waals surface area (Å²) < 4.78 is 0. The van der Waals surface area contributed by atoms with Crippen molar-refractivity contribution in [2.24, 2.45) is 11.1 Å². The molecule has 1 rings (SSSR count). The minimum atomic E-state index is 0.158. The van der Waals surface area contributed by atoms with E-state index in [9.17, 15) is 0 Å². The predicted molar refractivity (Wildman–Crippen MR) is 67.6 cm³/mol. The number of rotatable bonds is 4. The van der Waals surface area contributed by atoms with Crippen molar-refractivity contribution in [3.63, 3.8) is 0 Å². The minimum Gasteiger partial charge on any atom is -0.330 e. The molecular weight excluding hydrogens is 229 g/mol. The maximum absolute atomic E-state index is 6.08. The second-order valence-corrected chi connectivity index (χ2v) is 5.45. The van der Waals surface area contributed by atoms with E-state index in [4.69, 9.17) is 28.9 Å². The van der Waals surface area contributed by atoms with Gasteiger partial charge < -0.3 is 5.73 Å². The second-order valence-electron chi connectivity index (χ2n) is 4.60. The molecule has 84 valence electrons. The van der Waals surface area contributed by atoms with Crippen molar-refractivity contribution in [1.82, 2.24) is 0 Å². The monoisotopic (exact) mass is 245 g/mol. The van der Waals surface area contributed by atoms with Gasteiger partial charge in [-0.1, -0.05) is 37.0 Å². The molecule has 0 spiro atoms. The first-order valence-corrected chi connectivity index (χ1v) is 5.84. The molecule has 1 nitrogen and oxygen atoms in total. The van der Waals surface area contributed by atoms with Crippen molar-refractivity contribution < 1.29 is 0 Å². The van der Waals surface area contributed by atoms with Crippen LogP contribution in [0.1, 0.15) is 25.8 Å². The number of aryl methyl sites for hydroxylation is 1. The Labute approximate surface area is 102 Å². The lowest BCUT2D eigenvalue weighted by Crippen LogP contribution is -2.24. The summed E-state index contributed by atoms with van der Waals surface area (Å²) in [4.78, 5) is 0. The molecule has 2 N–H and O–H groups in total. The van der Waals surface area contributed by atoms with Crippen LogP contribution in [0.3, 0.4) is 0 Å². The van der Waals surface area contributed by atoms with Gasteiger partial charge in [0.15, 0.2) is 0 Å². The maximum Gasteiger partial charge on any atom is 0.0439 e. The molecule has 0 aliphatic carbocycles. The quantitative estimate of drug-likeness (QED) is 0.856. The highest BCUT2D eigenvalue weighted by Gasteiger charge is 2.15. The molecule has 0 aliphatic rings. The Morgan fingerprint density at radius 3 is 2.53 bits per heavy atom. The molecule has 0 unspecified atom stereocenters. The second kappa shape index (κ2) is 5.20. The standard InChI is InChI=1S/C12H17Cl2N/c1-12(2,8-15)6-5-9-7-10(13)3-4-11(9)14/h3-4,7H,5-6,8,15H2,1-2H3. The highest BCUT2D eigenvalue weighted by atomic mass is 35.5. The molecule has 15 heavy (non-hydrogen) atoms. The first-order valence-electron chi connectivity index (χ1n) is 5.08. The van der Waals surface area contributed by atoms with E-state index in [1.165, 1.54) is 0 Å². The Bertz CT molecular complexity index is 334. The van der Waals surface area contributed by atoms with E-state index in [-0.39, 0.29) is 5.41 Å². The van der Waals surface area contributed by atoms with Crippen LogP contribution in [-0.2, 0) is 6.42 Å². The summed E-state index contributed by atoms with van der Waals surface area (Å²) in [6, 6.07) is 5.58. The lowest BCUT2D eigenvalue weighted by atomic mass is 9.86. The van der Waals surface area contributed by atoms with E-state index in [1.54, 1.807) is 0 Å². The van der Waals surface area contributed by atoms with Crippen LogP contribution in [0.15, 0.2) is 18.2 Å². The molecular formula is C12H17Cl2N. The Morgan fingerprint density at radius 2 is 1.93 bits per heavy atom. The molecule has 0 saturated heterocycles. The van der Waals surface area contributed by atoms with Gasteiger partial charge in [-0.05, 0) is 48.6 Å². The fourth-order valence-corrected chi connectivity index (χ4v) is 1.72. The summed E-state index contributed by atoms with van der Waals surface area (Å²) in [6.45, 7) is 5.00. The Morgan fingerprint density at radius 1 is 1.27 bits per heavy atom. The first-order chi connectivity index (χ1) is 6.94. The molecule has 0 bridgehead atoms. The molecule has 0 fully saturated rings. The van der Waals surface area contributed by atoms with E-state index < -0.39 is 0 Å². The van der Waals surface area contributed by atoms with Crippen LogP contribution in [0.2, 0.25) is 10.0 Å². The van der Waals surface area contributed by atoms with E-state index >= 15 is 0 Å². The van der Waals surface area contributed by atoms with Crippen LogP contribution >= 0.6 is 23.2 Å². The third kappa shape index (κ3) is 4.02. The normalized spacial score (nSPS) is 11.8. The zero-order valence-corrected chi connectivity index (χ0v) is 10.7. The summed E-state index contributed by atoms with van der Waals surface area (Å²) in [5.41, 5.74) is 6.94. The third-order valence-corrected chi connectivity index (χ3v) is 3.24. The van der Waals surface area contributed by atoms with Gasteiger partial charge in [0, 0.05) is 10.0 Å². The lowest BCUT2D eigenvalue weighted by Gasteiger charge is -2.22. The summed E-state index contributed by atoms with van der Waals surface area (Å²) in [5.74, 6) is 0. The van der Waals surface area contributed by atoms with Crippen molar-refractivity contribution in [2.45, 2.75) is 26.7 Å². The van der Waals surface area contributed by atoms with E-state index in [0.717, 1.165) is 28.5 Å². The van der Waals surface area contributed by atoms with Gasteiger partial charge in [-0.2, -0.15) is 0 Å². The molecule has 0 aliphatic heterocycles. The van der Waals surface area contributed by atoms with Crippen LogP contribution in [0.25, 0.3) is 0 Å². The van der Waals surface area contributed by atoms with Crippen LogP contribution < -0.4 is 5.73 Å². The maximum atomic E-state index is 6.08. The van der Waals surface area contributed by atoms with Gasteiger partial charge in [0.05, 0.1) is 0 Å². The van der Waals surface area contributed by atoms with Gasteiger partial charge in [0.1, 0.15) is 0 Å². The van der Waals surface area contributed by atoms with Crippen LogP contribution in [0, 0.1) is 5.41 Å². The molecule has 0 atom stereocenters. The van der Waals surface area contributed by atoms with Crippen LogP contribution in [0.5, 0.6) is 0 Å². The average Bonchev–Trinajstić information content (AvgIpc) is 2.20. The largest absolute Gasteiger partial charge is 0.330 e. The zero-order valence-electron chi connectivity index (χ0n) is 9.19. The highest BCUT2D eigenvalue weighted by Crippen LogP contribution is 2.26. The summed E-state index contributed by atoms with van der Waals surface area (Å²) >= 11 is 12.0. The molecule has 3 heteroatoms. The fourth-order valence-electron chi connectivity index (χ4n) is 1.31. The van der Waals surface area contributed by atoms with Crippen LogP contribution in [-0.4, -0.2) is 6.54 Å². The van der Waals surface area contributed by atoms with Crippen molar-refractivity contribution in [1.29, 1.82) is 0 Å². The Hall–Kier alpha value is -0.240. The van der Waals surface area contributed by atoms with Crippen molar-refractivity contribution in [3.05, 3.63) is 33.8 Å². The van der Waals surface area contributed by atoms with Crippen molar-refractivity contribution in [3.8, 4) is 0 Å². The van der Waals surface area contributed by atoms with Gasteiger partial charge in [-0.3, -0.25) is 0 Å². The molecule has 1 aromatic rings. The molecule has 0 heterocycles. The average molecular weight is 246 g/mol. The van der Waals surface area contributed by atoms with E-state index in [0.29, 0.717) is 6.54 Å². The van der Waals surface area contributed by atoms with E-state index in [2.05, 4.69) is 13.8 Å². The molecule has 0 amide bonds. The summed E-state index contributed by atoms with van der Waals surface area (Å²) in [6.07, 6.45) is 1.94. The Balaban J connectivity index is 2.69. The van der Waals surface area contributed by atoms with Gasteiger partial charge in [-0.15, -0.1) is 0 Å². The topological polar surface area (TPSA) is 26.0 Å². The molecule has 0 aromatic heterocycles. The third-order valence-electron chi connectivity index (χ3n) is 2.63. The number of hydrogen-bond donors (Lipinski definition) is 1. The van der Waals surface area contributed by atoms with Gasteiger partial charge in [0.25, 0.3) is 0 Å². The Kier molecular flexibility index (Phi) is 4.45. The number of benzene rings is 1. The lowest BCUT2D eigenvalue weighted by molar-refractivity contribution is 0.348. The number of nitrogens with two attached hydrogens (primary N) is 1.